The van der Waals surface area contributed by atoms with E-state index in [4.69, 9.17) is 0 Å². The molecule has 3 aromatic heterocycles. The molecule has 0 aliphatic heterocycles. The van der Waals surface area contributed by atoms with Gasteiger partial charge < -0.3 is 0 Å². The van der Waals surface area contributed by atoms with Crippen molar-refractivity contribution in [3.8, 4) is 0 Å². The number of aryl methyl sites for hydroxylation is 7. The van der Waals surface area contributed by atoms with E-state index in [1.807, 2.05) is 36.7 Å². The molecule has 1 radical (unpaired) electrons. The Morgan fingerprint density at radius 2 is 0.960 bits per heavy atom. The fourth-order valence-corrected chi connectivity index (χ4v) is 15.5. The van der Waals surface area contributed by atoms with Gasteiger partial charge in [-0.05, 0) is 283 Å². The first-order chi connectivity index (χ1) is 47.8. The van der Waals surface area contributed by atoms with Gasteiger partial charge in [-0.25, -0.2) is 23.3 Å². The molecule has 0 saturated heterocycles. The van der Waals surface area contributed by atoms with E-state index in [1.54, 1.807) is 22.3 Å². The first-order valence-corrected chi connectivity index (χ1v) is 37.0. The predicted octanol–water partition coefficient (Wildman–Crippen LogP) is 26.4. The first kappa shape index (κ1) is 76.7. The molecule has 0 saturated carbocycles. The molecule has 10 aliphatic carbocycles. The SMILES string of the molecule is CC1=CC2=C(C1)Cc1ccc(C)cc1C2.CC1=CC=C(C)C1.CC1=CCC(C)=C1.CC1=C[C-]=C(c2[c-]cc(C)cc2)C1.CC1=Cc2cc3cc(C)ccc3cc2C1.CC1=Cc2ccc(C)cc2C1.CC1=Cc2cnc(C)cc2C1.CC1=Cc2ncc(C)cc2C1.CC1=Cc2sc(C)cc2C1.[V+2]. The zero-order valence-electron chi connectivity index (χ0n) is 63.8. The zero-order chi connectivity index (χ0) is 71.3. The van der Waals surface area contributed by atoms with E-state index in [1.165, 1.54) is 197 Å². The van der Waals surface area contributed by atoms with Crippen LogP contribution in [0.3, 0.4) is 0 Å². The van der Waals surface area contributed by atoms with Crippen molar-refractivity contribution in [1.29, 1.82) is 0 Å². The monoisotopic (exact) mass is 1380 g/mol. The van der Waals surface area contributed by atoms with Gasteiger partial charge in [0.2, 0.25) is 0 Å². The molecule has 5 aromatic carbocycles. The third-order valence-corrected chi connectivity index (χ3v) is 20.4. The van der Waals surface area contributed by atoms with E-state index >= 15 is 0 Å². The Hall–Kier alpha value is -8.44. The van der Waals surface area contributed by atoms with Crippen LogP contribution in [0, 0.1) is 60.6 Å². The average Bonchev–Trinajstić information content (AvgIpc) is 1.74. The number of rotatable bonds is 1. The molecule has 8 aromatic rings. The van der Waals surface area contributed by atoms with Gasteiger partial charge in [-0.15, -0.1) is 23.3 Å². The maximum atomic E-state index is 4.33. The summed E-state index contributed by atoms with van der Waals surface area (Å²) in [7, 11) is 0. The molecule has 0 amide bonds. The predicted molar refractivity (Wildman–Crippen MR) is 437 cm³/mol. The van der Waals surface area contributed by atoms with Crippen molar-refractivity contribution in [2.24, 2.45) is 0 Å². The van der Waals surface area contributed by atoms with Gasteiger partial charge >= 0.3 is 18.6 Å². The molecule has 0 unspecified atom stereocenters. The number of hydrogen-bond acceptors (Lipinski definition) is 3. The second kappa shape index (κ2) is 35.4. The maximum Gasteiger partial charge on any atom is 2.00 e. The smallest absolute Gasteiger partial charge is 0.261 e. The van der Waals surface area contributed by atoms with Crippen molar-refractivity contribution in [3.63, 3.8) is 0 Å². The van der Waals surface area contributed by atoms with E-state index in [0.717, 1.165) is 49.9 Å². The Balaban J connectivity index is 0.000000133. The van der Waals surface area contributed by atoms with Crippen LogP contribution in [-0.4, -0.2) is 9.97 Å². The van der Waals surface area contributed by atoms with Crippen LogP contribution >= 0.6 is 11.3 Å². The normalized spacial score (nSPS) is 15.8. The summed E-state index contributed by atoms with van der Waals surface area (Å²) in [6.07, 6.45) is 44.3. The fourth-order valence-electron chi connectivity index (χ4n) is 14.4. The van der Waals surface area contributed by atoms with Gasteiger partial charge in [0.05, 0.1) is 5.69 Å². The van der Waals surface area contributed by atoms with Crippen molar-refractivity contribution in [1.82, 2.24) is 9.97 Å². The number of thiophene rings is 1. The molecule has 0 bridgehead atoms. The van der Waals surface area contributed by atoms with Gasteiger partial charge in [0.1, 0.15) is 0 Å². The van der Waals surface area contributed by atoms with E-state index < -0.39 is 0 Å². The number of benzene rings is 5. The third-order valence-electron chi connectivity index (χ3n) is 19.3. The van der Waals surface area contributed by atoms with Crippen LogP contribution in [0.1, 0.15) is 212 Å². The second-order valence-electron chi connectivity index (χ2n) is 30.1. The van der Waals surface area contributed by atoms with E-state index in [2.05, 4.69) is 304 Å². The van der Waals surface area contributed by atoms with Crippen molar-refractivity contribution < 1.29 is 18.6 Å². The van der Waals surface area contributed by atoms with Crippen molar-refractivity contribution in [3.05, 3.63) is 347 Å². The van der Waals surface area contributed by atoms with Crippen molar-refractivity contribution >= 4 is 58.1 Å². The minimum absolute atomic E-state index is 0. The van der Waals surface area contributed by atoms with E-state index in [0.29, 0.717) is 0 Å². The van der Waals surface area contributed by atoms with Crippen LogP contribution < -0.4 is 0 Å². The molecule has 0 atom stereocenters. The van der Waals surface area contributed by atoms with Crippen LogP contribution in [0.4, 0.5) is 0 Å². The molecular formula is C97H106N2SV. The molecule has 515 valence electrons. The quantitative estimate of drug-likeness (QED) is 0.153. The largest absolute Gasteiger partial charge is 2.00 e. The molecule has 4 heteroatoms. The van der Waals surface area contributed by atoms with Gasteiger partial charge in [0.25, 0.3) is 0 Å². The Bertz CT molecular complexity index is 4660. The molecule has 0 N–H and O–H groups in total. The molecule has 101 heavy (non-hydrogen) atoms. The Morgan fingerprint density at radius 1 is 0.366 bits per heavy atom. The summed E-state index contributed by atoms with van der Waals surface area (Å²) in [6, 6.07) is 41.1. The minimum Gasteiger partial charge on any atom is -0.261 e. The summed E-state index contributed by atoms with van der Waals surface area (Å²) < 4.78 is 0. The maximum absolute atomic E-state index is 4.33. The molecule has 10 aliphatic rings. The molecule has 0 fully saturated rings. The standard InChI is InChI=1S/C15H16.C15H14.C13H12.C11H12.2C10H11N.C9H10S.2C7H10.V/c2*1-10-3-4-12-8-14-6-11(2)7-15(14)9-13(12)5-10;1-10-3-6-12(7-4-10)13-8-5-11(2)9-13;1-8-3-4-10-6-9(2)7-11(10)5-8;1-7-3-9-4-8(2)6-11-10(9)5-7;1-7-3-9-5-8(2)11-6-10(9)4-7;1-6-3-8-5-7(2)10-9(8)4-6;2*1-6-3-4-7(2)5-6;/h3-5,7H,6,8-9H2,1-2H3;3-5,7-9H,6H2,1-2H3;3-6H,9H2,1-2H3;3-6H,7H2,1-2H3;2*4-6H,3H2,1-2H3;4-5H,3H2,1-2H3;3,5H,4H2,1-2H3;3-4H,5H2,1-2H3;/q;;-2;;;;;;;+2. The summed E-state index contributed by atoms with van der Waals surface area (Å²) in [5, 5.41) is 2.72. The summed E-state index contributed by atoms with van der Waals surface area (Å²) in [4.78, 5) is 11.5. The molecule has 2 nitrogen and oxygen atoms in total. The zero-order valence-corrected chi connectivity index (χ0v) is 66.1. The number of fused-ring (bicyclic) bond motifs is 7. The Labute approximate surface area is 624 Å². The van der Waals surface area contributed by atoms with Crippen molar-refractivity contribution in [2.45, 2.75) is 195 Å². The fraction of sp³-hybridized carbons (Fsp3) is 0.299. The van der Waals surface area contributed by atoms with Gasteiger partial charge in [0, 0.05) is 27.8 Å². The van der Waals surface area contributed by atoms with E-state index in [-0.39, 0.29) is 18.6 Å². The molecule has 0 spiro atoms. The number of pyridine rings is 2. The van der Waals surface area contributed by atoms with Crippen LogP contribution in [0.25, 0.3) is 46.7 Å². The molecule has 18 rings (SSSR count). The van der Waals surface area contributed by atoms with Crippen LogP contribution in [-0.2, 0) is 63.5 Å². The van der Waals surface area contributed by atoms with Gasteiger partial charge in [-0.3, -0.25) is 9.97 Å². The number of allylic oxidation sites excluding steroid dienone is 21. The molecular weight excluding hydrogens is 1280 g/mol. The minimum atomic E-state index is 0. The topological polar surface area (TPSA) is 25.8 Å². The van der Waals surface area contributed by atoms with Crippen LogP contribution in [0.15, 0.2) is 224 Å². The first-order valence-electron chi connectivity index (χ1n) is 36.2. The third kappa shape index (κ3) is 22.3. The van der Waals surface area contributed by atoms with Crippen molar-refractivity contribution in [2.75, 3.05) is 0 Å². The average molecular weight is 1380 g/mol. The summed E-state index contributed by atoms with van der Waals surface area (Å²) in [6.45, 7) is 38.7. The number of aromatic nitrogens is 2. The Kier molecular flexibility index (Phi) is 26.9. The van der Waals surface area contributed by atoms with Crippen LogP contribution in [0.2, 0.25) is 0 Å². The summed E-state index contributed by atoms with van der Waals surface area (Å²) in [5.74, 6) is 0. The van der Waals surface area contributed by atoms with Gasteiger partial charge in [-0.1, -0.05) is 207 Å². The number of nitrogens with zero attached hydrogens (tertiary/aromatic N) is 2. The van der Waals surface area contributed by atoms with Gasteiger partial charge in [0.15, 0.2) is 0 Å². The van der Waals surface area contributed by atoms with Crippen LogP contribution in [0.5, 0.6) is 0 Å². The second-order valence-corrected chi connectivity index (χ2v) is 31.4. The summed E-state index contributed by atoms with van der Waals surface area (Å²) in [5.41, 5.74) is 45.1. The molecule has 3 heterocycles. The van der Waals surface area contributed by atoms with E-state index in [9.17, 15) is 0 Å². The Morgan fingerprint density at radius 3 is 1.59 bits per heavy atom. The summed E-state index contributed by atoms with van der Waals surface area (Å²) >= 11 is 1.90. The van der Waals surface area contributed by atoms with Gasteiger partial charge in [-0.2, -0.15) is 29.8 Å². The number of hydrogen-bond donors (Lipinski definition) is 0.